The van der Waals surface area contributed by atoms with Gasteiger partial charge in [0.15, 0.2) is 0 Å². The number of aryl methyl sites for hydroxylation is 1. The molecule has 2 aromatic carbocycles. The molecule has 144 valence electrons. The van der Waals surface area contributed by atoms with E-state index in [1.807, 2.05) is 0 Å². The Hall–Kier alpha value is -2.87. The SMILES string of the molecule is CCOC(=O)c1ccc(NC(=O)CN(c2ccccc2)S(C)(=O)=O)c(C)c1. The first kappa shape index (κ1) is 20.4. The van der Waals surface area contributed by atoms with Crippen LogP contribution >= 0.6 is 0 Å². The van der Waals surface area contributed by atoms with E-state index in [1.165, 1.54) is 0 Å². The second kappa shape index (κ2) is 8.68. The second-order valence-corrected chi connectivity index (χ2v) is 7.81. The third kappa shape index (κ3) is 5.55. The largest absolute Gasteiger partial charge is 0.462 e. The van der Waals surface area contributed by atoms with E-state index in [-0.39, 0.29) is 13.2 Å². The zero-order valence-electron chi connectivity index (χ0n) is 15.4. The standard InChI is InChI=1S/C19H22N2O5S/c1-4-26-19(23)15-10-11-17(14(2)12-15)20-18(22)13-21(27(3,24)25)16-8-6-5-7-9-16/h5-12H,4,13H2,1-3H3,(H,20,22). The number of nitrogens with zero attached hydrogens (tertiary/aromatic N) is 1. The number of carbonyl (C=O) groups is 2. The van der Waals surface area contributed by atoms with E-state index in [9.17, 15) is 18.0 Å². The van der Waals surface area contributed by atoms with E-state index in [1.54, 1.807) is 62.4 Å². The maximum atomic E-state index is 12.4. The molecule has 0 aliphatic rings. The molecule has 8 heteroatoms. The summed E-state index contributed by atoms with van der Waals surface area (Å²) in [6.45, 7) is 3.38. The summed E-state index contributed by atoms with van der Waals surface area (Å²) in [5, 5.41) is 2.68. The fourth-order valence-corrected chi connectivity index (χ4v) is 3.32. The minimum absolute atomic E-state index is 0.275. The van der Waals surface area contributed by atoms with Crippen LogP contribution in [0.5, 0.6) is 0 Å². The molecule has 7 nitrogen and oxygen atoms in total. The molecule has 0 atom stereocenters. The Morgan fingerprint density at radius 3 is 2.33 bits per heavy atom. The minimum Gasteiger partial charge on any atom is -0.462 e. The summed E-state index contributed by atoms with van der Waals surface area (Å²) in [4.78, 5) is 24.2. The Morgan fingerprint density at radius 1 is 1.11 bits per heavy atom. The van der Waals surface area contributed by atoms with Crippen LogP contribution in [0.1, 0.15) is 22.8 Å². The van der Waals surface area contributed by atoms with E-state index < -0.39 is 21.9 Å². The number of amides is 1. The van der Waals surface area contributed by atoms with Gasteiger partial charge in [0.2, 0.25) is 15.9 Å². The molecule has 0 aromatic heterocycles. The number of anilines is 2. The molecule has 0 saturated carbocycles. The summed E-state index contributed by atoms with van der Waals surface area (Å²) in [5.41, 5.74) is 1.95. The van der Waals surface area contributed by atoms with Gasteiger partial charge >= 0.3 is 5.97 Å². The first-order valence-corrected chi connectivity index (χ1v) is 10.2. The van der Waals surface area contributed by atoms with Crippen molar-refractivity contribution in [3.8, 4) is 0 Å². The molecule has 0 radical (unpaired) electrons. The Morgan fingerprint density at radius 2 is 1.78 bits per heavy atom. The number of rotatable bonds is 7. The lowest BCUT2D eigenvalue weighted by Crippen LogP contribution is -2.37. The highest BCUT2D eigenvalue weighted by atomic mass is 32.2. The van der Waals surface area contributed by atoms with Gasteiger partial charge in [0.25, 0.3) is 0 Å². The number of carbonyl (C=O) groups excluding carboxylic acids is 2. The maximum absolute atomic E-state index is 12.4. The topological polar surface area (TPSA) is 92.8 Å². The molecule has 27 heavy (non-hydrogen) atoms. The summed E-state index contributed by atoms with van der Waals surface area (Å²) in [5.74, 6) is -0.929. The first-order chi connectivity index (χ1) is 12.7. The van der Waals surface area contributed by atoms with E-state index in [4.69, 9.17) is 4.74 Å². The molecule has 0 aliphatic heterocycles. The van der Waals surface area contributed by atoms with Crippen molar-refractivity contribution in [2.24, 2.45) is 0 Å². The van der Waals surface area contributed by atoms with Gasteiger partial charge < -0.3 is 10.1 Å². The molecule has 2 rings (SSSR count). The molecule has 0 spiro atoms. The number of nitrogens with one attached hydrogen (secondary N) is 1. The fourth-order valence-electron chi connectivity index (χ4n) is 2.46. The van der Waals surface area contributed by atoms with Gasteiger partial charge in [0, 0.05) is 5.69 Å². The zero-order chi connectivity index (χ0) is 20.0. The van der Waals surface area contributed by atoms with Crippen molar-refractivity contribution >= 4 is 33.3 Å². The molecular weight excluding hydrogens is 368 g/mol. The smallest absolute Gasteiger partial charge is 0.338 e. The number of hydrogen-bond donors (Lipinski definition) is 1. The Balaban J connectivity index is 2.15. The predicted octanol–water partition coefficient (Wildman–Crippen LogP) is 2.58. The van der Waals surface area contributed by atoms with Gasteiger partial charge in [-0.25, -0.2) is 13.2 Å². The third-order valence-corrected chi connectivity index (χ3v) is 4.88. The second-order valence-electron chi connectivity index (χ2n) is 5.90. The number of benzene rings is 2. The number of sulfonamides is 1. The summed E-state index contributed by atoms with van der Waals surface area (Å²) < 4.78 is 30.1. The van der Waals surface area contributed by atoms with Gasteiger partial charge in [-0.2, -0.15) is 0 Å². The average molecular weight is 390 g/mol. The van der Waals surface area contributed by atoms with E-state index in [0.29, 0.717) is 22.5 Å². The quantitative estimate of drug-likeness (QED) is 0.734. The van der Waals surface area contributed by atoms with Gasteiger partial charge in [-0.05, 0) is 49.7 Å². The lowest BCUT2D eigenvalue weighted by molar-refractivity contribution is -0.114. The lowest BCUT2D eigenvalue weighted by atomic mass is 10.1. The van der Waals surface area contributed by atoms with E-state index in [2.05, 4.69) is 5.32 Å². The molecule has 0 fully saturated rings. The highest BCUT2D eigenvalue weighted by Gasteiger charge is 2.21. The first-order valence-electron chi connectivity index (χ1n) is 8.32. The van der Waals surface area contributed by atoms with Crippen LogP contribution in [0.3, 0.4) is 0 Å². The monoisotopic (exact) mass is 390 g/mol. The number of hydrogen-bond acceptors (Lipinski definition) is 5. The fraction of sp³-hybridized carbons (Fsp3) is 0.263. The van der Waals surface area contributed by atoms with Crippen LogP contribution in [-0.4, -0.2) is 39.7 Å². The molecule has 0 bridgehead atoms. The highest BCUT2D eigenvalue weighted by Crippen LogP contribution is 2.19. The third-order valence-electron chi connectivity index (χ3n) is 3.74. The van der Waals surface area contributed by atoms with Gasteiger partial charge in [-0.1, -0.05) is 18.2 Å². The van der Waals surface area contributed by atoms with Crippen molar-refractivity contribution in [1.82, 2.24) is 0 Å². The summed E-state index contributed by atoms with van der Waals surface area (Å²) in [6.07, 6.45) is 1.05. The van der Waals surface area contributed by atoms with Crippen molar-refractivity contribution in [2.45, 2.75) is 13.8 Å². The summed E-state index contributed by atoms with van der Waals surface area (Å²) in [6, 6.07) is 13.1. The normalized spacial score (nSPS) is 10.9. The van der Waals surface area contributed by atoms with Crippen LogP contribution in [0, 0.1) is 6.92 Å². The van der Waals surface area contributed by atoms with Crippen LogP contribution in [0.15, 0.2) is 48.5 Å². The summed E-state index contributed by atoms with van der Waals surface area (Å²) >= 11 is 0. The summed E-state index contributed by atoms with van der Waals surface area (Å²) in [7, 11) is -3.63. The molecular formula is C19H22N2O5S. The molecule has 2 aromatic rings. The predicted molar refractivity (Wildman–Crippen MR) is 104 cm³/mol. The van der Waals surface area contributed by atoms with Crippen molar-refractivity contribution < 1.29 is 22.7 Å². The molecule has 0 heterocycles. The Labute approximate surface area is 159 Å². The molecule has 0 unspecified atom stereocenters. The lowest BCUT2D eigenvalue weighted by Gasteiger charge is -2.22. The van der Waals surface area contributed by atoms with Crippen molar-refractivity contribution in [1.29, 1.82) is 0 Å². The highest BCUT2D eigenvalue weighted by molar-refractivity contribution is 7.92. The van der Waals surface area contributed by atoms with Crippen LogP contribution in [0.2, 0.25) is 0 Å². The zero-order valence-corrected chi connectivity index (χ0v) is 16.2. The number of ether oxygens (including phenoxy) is 1. The van der Waals surface area contributed by atoms with Crippen LogP contribution in [-0.2, 0) is 19.6 Å². The van der Waals surface area contributed by atoms with Crippen molar-refractivity contribution in [3.63, 3.8) is 0 Å². The molecule has 0 aliphatic carbocycles. The molecule has 1 amide bonds. The average Bonchev–Trinajstić information content (AvgIpc) is 2.61. The maximum Gasteiger partial charge on any atom is 0.338 e. The van der Waals surface area contributed by atoms with Gasteiger partial charge in [-0.3, -0.25) is 9.10 Å². The minimum atomic E-state index is -3.63. The van der Waals surface area contributed by atoms with Crippen LogP contribution in [0.25, 0.3) is 0 Å². The van der Waals surface area contributed by atoms with E-state index >= 15 is 0 Å². The van der Waals surface area contributed by atoms with Gasteiger partial charge in [0.05, 0.1) is 24.1 Å². The Kier molecular flexibility index (Phi) is 6.57. The van der Waals surface area contributed by atoms with Crippen molar-refractivity contribution in [3.05, 3.63) is 59.7 Å². The molecule has 0 saturated heterocycles. The number of esters is 1. The van der Waals surface area contributed by atoms with Gasteiger partial charge in [0.1, 0.15) is 6.54 Å². The van der Waals surface area contributed by atoms with Gasteiger partial charge in [-0.15, -0.1) is 0 Å². The van der Waals surface area contributed by atoms with Crippen LogP contribution < -0.4 is 9.62 Å². The van der Waals surface area contributed by atoms with E-state index in [0.717, 1.165) is 10.6 Å². The molecule has 1 N–H and O–H groups in total. The Bertz CT molecular complexity index is 926. The van der Waals surface area contributed by atoms with Crippen molar-refractivity contribution in [2.75, 3.05) is 29.0 Å². The number of para-hydroxylation sites is 1. The van der Waals surface area contributed by atoms with Crippen LogP contribution in [0.4, 0.5) is 11.4 Å².